The maximum atomic E-state index is 12.7. The minimum Gasteiger partial charge on any atom is -0.493 e. The van der Waals surface area contributed by atoms with Crippen molar-refractivity contribution < 1.29 is 27.7 Å². The molecule has 172 valence electrons. The molecular formula is C23H26F2N2O4S. The average molecular weight is 465 g/mol. The molecule has 1 heterocycles. The third-order valence-corrected chi connectivity index (χ3v) is 5.53. The maximum absolute atomic E-state index is 12.7. The Hall–Kier alpha value is -2.91. The normalized spacial score (nSPS) is 11.1. The van der Waals surface area contributed by atoms with E-state index in [-0.39, 0.29) is 11.5 Å². The zero-order chi connectivity index (χ0) is 23.1. The molecule has 0 fully saturated rings. The molecule has 0 aliphatic carbocycles. The summed E-state index contributed by atoms with van der Waals surface area (Å²) in [4.78, 5) is 6.78. The van der Waals surface area contributed by atoms with Crippen molar-refractivity contribution in [3.05, 3.63) is 53.0 Å². The number of hydrogen-bond acceptors (Lipinski definition) is 7. The van der Waals surface area contributed by atoms with Gasteiger partial charge in [-0.15, -0.1) is 11.3 Å². The molecule has 1 aromatic heterocycles. The van der Waals surface area contributed by atoms with Crippen molar-refractivity contribution in [1.82, 2.24) is 9.88 Å². The molecule has 6 nitrogen and oxygen atoms in total. The minimum atomic E-state index is -2.91. The Bertz CT molecular complexity index is 1030. The number of nitrogens with zero attached hydrogens (tertiary/aromatic N) is 2. The lowest BCUT2D eigenvalue weighted by molar-refractivity contribution is -0.0512. The first-order valence-corrected chi connectivity index (χ1v) is 10.9. The number of halogens is 2. The van der Waals surface area contributed by atoms with Gasteiger partial charge in [0.05, 0.1) is 26.5 Å². The Labute approximate surface area is 190 Å². The second kappa shape index (κ2) is 11.1. The van der Waals surface area contributed by atoms with Gasteiger partial charge in [-0.1, -0.05) is 6.07 Å². The molecule has 2 aromatic carbocycles. The summed E-state index contributed by atoms with van der Waals surface area (Å²) in [6.45, 7) is 0.712. The Kier molecular flexibility index (Phi) is 8.24. The number of aromatic nitrogens is 1. The first kappa shape index (κ1) is 23.7. The van der Waals surface area contributed by atoms with E-state index in [0.29, 0.717) is 31.2 Å². The van der Waals surface area contributed by atoms with E-state index in [1.54, 1.807) is 30.6 Å². The Balaban J connectivity index is 1.68. The summed E-state index contributed by atoms with van der Waals surface area (Å²) in [5.41, 5.74) is 2.70. The van der Waals surface area contributed by atoms with E-state index in [2.05, 4.69) is 4.74 Å². The molecule has 0 saturated carbocycles. The molecule has 3 rings (SSSR count). The van der Waals surface area contributed by atoms with Crippen LogP contribution < -0.4 is 18.9 Å². The lowest BCUT2D eigenvalue weighted by Gasteiger charge is -2.17. The summed E-state index contributed by atoms with van der Waals surface area (Å²) in [6.07, 6.45) is 0. The smallest absolute Gasteiger partial charge is 0.387 e. The number of benzene rings is 2. The van der Waals surface area contributed by atoms with Gasteiger partial charge < -0.3 is 18.9 Å². The fourth-order valence-corrected chi connectivity index (χ4v) is 4.05. The molecule has 0 amide bonds. The largest absolute Gasteiger partial charge is 0.493 e. The van der Waals surface area contributed by atoms with Crippen molar-refractivity contribution in [3.8, 4) is 33.6 Å². The quantitative estimate of drug-likeness (QED) is 0.376. The van der Waals surface area contributed by atoms with Gasteiger partial charge in [0.1, 0.15) is 5.01 Å². The van der Waals surface area contributed by atoms with Crippen LogP contribution in [-0.2, 0) is 13.1 Å². The van der Waals surface area contributed by atoms with Crippen molar-refractivity contribution in [1.29, 1.82) is 0 Å². The second-order valence-corrected chi connectivity index (χ2v) is 7.84. The summed E-state index contributed by atoms with van der Waals surface area (Å²) >= 11 is 1.55. The third kappa shape index (κ3) is 6.08. The van der Waals surface area contributed by atoms with E-state index < -0.39 is 6.61 Å². The molecule has 0 unspecified atom stereocenters. The first-order valence-electron chi connectivity index (χ1n) is 9.99. The minimum absolute atomic E-state index is 0.0220. The van der Waals surface area contributed by atoms with E-state index >= 15 is 0 Å². The van der Waals surface area contributed by atoms with Crippen molar-refractivity contribution >= 4 is 11.3 Å². The van der Waals surface area contributed by atoms with Crippen molar-refractivity contribution in [2.24, 2.45) is 0 Å². The lowest BCUT2D eigenvalue weighted by Crippen LogP contribution is -2.17. The summed E-state index contributed by atoms with van der Waals surface area (Å²) < 4.78 is 46.0. The lowest BCUT2D eigenvalue weighted by atomic mass is 10.2. The fraction of sp³-hybridized carbons (Fsp3) is 0.348. The zero-order valence-corrected chi connectivity index (χ0v) is 19.2. The van der Waals surface area contributed by atoms with Crippen LogP contribution in [0, 0.1) is 0 Å². The van der Waals surface area contributed by atoms with Crippen LogP contribution in [0.25, 0.3) is 10.6 Å². The van der Waals surface area contributed by atoms with Gasteiger partial charge in [0.25, 0.3) is 0 Å². The molecule has 32 heavy (non-hydrogen) atoms. The molecule has 0 bridgehead atoms. The third-order valence-electron chi connectivity index (χ3n) is 4.59. The van der Waals surface area contributed by atoms with Crippen LogP contribution in [0.1, 0.15) is 18.2 Å². The van der Waals surface area contributed by atoms with Crippen LogP contribution >= 0.6 is 11.3 Å². The molecule has 0 aliphatic rings. The predicted molar refractivity (Wildman–Crippen MR) is 120 cm³/mol. The van der Waals surface area contributed by atoms with Crippen LogP contribution in [0.3, 0.4) is 0 Å². The number of hydrogen-bond donors (Lipinski definition) is 0. The SMILES string of the molecule is CCOc1ccc(-c2nc(CN(C)Cc3ccc(OC)c(OC(F)F)c3)cs2)cc1OC. The van der Waals surface area contributed by atoms with E-state index in [0.717, 1.165) is 21.8 Å². The summed E-state index contributed by atoms with van der Waals surface area (Å²) in [6, 6.07) is 10.8. The van der Waals surface area contributed by atoms with E-state index in [9.17, 15) is 8.78 Å². The number of rotatable bonds is 11. The van der Waals surface area contributed by atoms with Gasteiger partial charge in [0.15, 0.2) is 23.0 Å². The Morgan fingerprint density at radius 3 is 2.41 bits per heavy atom. The van der Waals surface area contributed by atoms with Gasteiger partial charge in [-0.25, -0.2) is 4.98 Å². The summed E-state index contributed by atoms with van der Waals surface area (Å²) in [5.74, 6) is 1.66. The number of methoxy groups -OCH3 is 2. The van der Waals surface area contributed by atoms with Crippen LogP contribution in [0.2, 0.25) is 0 Å². The predicted octanol–water partition coefficient (Wildman–Crippen LogP) is 5.46. The highest BCUT2D eigenvalue weighted by atomic mass is 32.1. The number of alkyl halides is 2. The van der Waals surface area contributed by atoms with Crippen molar-refractivity contribution in [2.75, 3.05) is 27.9 Å². The van der Waals surface area contributed by atoms with Crippen LogP contribution in [0.5, 0.6) is 23.0 Å². The molecule has 0 atom stereocenters. The maximum Gasteiger partial charge on any atom is 0.387 e. The average Bonchev–Trinajstić information content (AvgIpc) is 3.22. The summed E-state index contributed by atoms with van der Waals surface area (Å²) in [7, 11) is 4.97. The van der Waals surface area contributed by atoms with Gasteiger partial charge in [0, 0.05) is 24.0 Å². The van der Waals surface area contributed by atoms with Gasteiger partial charge >= 0.3 is 6.61 Å². The van der Waals surface area contributed by atoms with Gasteiger partial charge in [-0.3, -0.25) is 4.90 Å². The highest BCUT2D eigenvalue weighted by Gasteiger charge is 2.14. The van der Waals surface area contributed by atoms with Crippen molar-refractivity contribution in [2.45, 2.75) is 26.6 Å². The molecule has 9 heteroatoms. The van der Waals surface area contributed by atoms with Crippen LogP contribution in [-0.4, -0.2) is 44.4 Å². The molecule has 3 aromatic rings. The van der Waals surface area contributed by atoms with Gasteiger partial charge in [-0.05, 0) is 49.9 Å². The number of thiazole rings is 1. The fourth-order valence-electron chi connectivity index (χ4n) is 3.24. The number of ether oxygens (including phenoxy) is 4. The molecule has 0 saturated heterocycles. The standard InChI is InChI=1S/C23H26F2N2O4S/c1-5-30-19-9-7-16(11-20(19)29-4)22-26-17(14-32-22)13-27(2)12-15-6-8-18(28-3)21(10-15)31-23(24)25/h6-11,14,23H,5,12-13H2,1-4H3. The molecule has 0 N–H and O–H groups in total. The first-order chi connectivity index (χ1) is 15.4. The van der Waals surface area contributed by atoms with Gasteiger partial charge in [-0.2, -0.15) is 8.78 Å². The topological polar surface area (TPSA) is 53.1 Å². The molecule has 0 spiro atoms. The van der Waals surface area contributed by atoms with Crippen LogP contribution in [0.15, 0.2) is 41.8 Å². The molecular weight excluding hydrogens is 438 g/mol. The van der Waals surface area contributed by atoms with E-state index in [1.807, 2.05) is 48.5 Å². The second-order valence-electron chi connectivity index (χ2n) is 6.98. The van der Waals surface area contributed by atoms with Crippen LogP contribution in [0.4, 0.5) is 8.78 Å². The Morgan fingerprint density at radius 1 is 0.969 bits per heavy atom. The molecule has 0 aliphatic heterocycles. The molecule has 0 radical (unpaired) electrons. The van der Waals surface area contributed by atoms with E-state index in [4.69, 9.17) is 19.2 Å². The summed E-state index contributed by atoms with van der Waals surface area (Å²) in [5, 5.41) is 2.89. The Morgan fingerprint density at radius 2 is 1.72 bits per heavy atom. The zero-order valence-electron chi connectivity index (χ0n) is 18.4. The monoisotopic (exact) mass is 464 g/mol. The van der Waals surface area contributed by atoms with Gasteiger partial charge in [0.2, 0.25) is 0 Å². The van der Waals surface area contributed by atoms with Crippen molar-refractivity contribution in [3.63, 3.8) is 0 Å². The van der Waals surface area contributed by atoms with E-state index in [1.165, 1.54) is 7.11 Å². The highest BCUT2D eigenvalue weighted by Crippen LogP contribution is 2.34. The highest BCUT2D eigenvalue weighted by molar-refractivity contribution is 7.13.